The van der Waals surface area contributed by atoms with Crippen LogP contribution in [-0.4, -0.2) is 30.3 Å². The Bertz CT molecular complexity index is 1350. The van der Waals surface area contributed by atoms with Gasteiger partial charge in [-0.2, -0.15) is 0 Å². The topological polar surface area (TPSA) is 115 Å². The van der Waals surface area contributed by atoms with Crippen molar-refractivity contribution in [2.45, 2.75) is 0 Å². The molecule has 0 radical (unpaired) electrons. The minimum Gasteiger partial charge on any atom is -0.478 e. The number of benzene rings is 2. The van der Waals surface area contributed by atoms with E-state index in [1.54, 1.807) is 0 Å². The van der Waals surface area contributed by atoms with Crippen molar-refractivity contribution in [1.29, 1.82) is 0 Å². The fourth-order valence-corrected chi connectivity index (χ4v) is 3.36. The van der Waals surface area contributed by atoms with Gasteiger partial charge in [0.25, 0.3) is 5.56 Å². The van der Waals surface area contributed by atoms with Crippen molar-refractivity contribution in [3.05, 3.63) is 76.2 Å². The maximum Gasteiger partial charge on any atom is 0.336 e. The molecule has 31 heavy (non-hydrogen) atoms. The van der Waals surface area contributed by atoms with Crippen molar-refractivity contribution >= 4 is 21.7 Å². The number of carbonyl (C=O) groups is 1. The average Bonchev–Trinajstić information content (AvgIpc) is 2.65. The number of nitrogens with zero attached hydrogens (tertiary/aromatic N) is 1. The van der Waals surface area contributed by atoms with Crippen LogP contribution in [0.15, 0.2) is 53.5 Å². The van der Waals surface area contributed by atoms with Crippen LogP contribution in [0.3, 0.4) is 0 Å². The number of ether oxygens (including phenoxy) is 1. The average molecular weight is 450 g/mol. The summed E-state index contributed by atoms with van der Waals surface area (Å²) in [5.41, 5.74) is -0.799. The smallest absolute Gasteiger partial charge is 0.336 e. The maximum absolute atomic E-state index is 14.1. The highest BCUT2D eigenvalue weighted by Gasteiger charge is 2.20. The molecule has 0 aliphatic carbocycles. The molecule has 1 heterocycles. The van der Waals surface area contributed by atoms with Gasteiger partial charge in [0.05, 0.1) is 11.8 Å². The first-order valence-corrected chi connectivity index (χ1v) is 10.5. The van der Waals surface area contributed by atoms with Crippen LogP contribution in [0.5, 0.6) is 11.5 Å². The molecule has 0 saturated heterocycles. The number of aromatic carboxylic acids is 1. The van der Waals surface area contributed by atoms with Gasteiger partial charge in [-0.1, -0.05) is 0 Å². The summed E-state index contributed by atoms with van der Waals surface area (Å²) < 4.78 is 59.4. The largest absolute Gasteiger partial charge is 0.478 e. The summed E-state index contributed by atoms with van der Waals surface area (Å²) in [5.74, 6) is -3.61. The molecule has 2 aromatic carbocycles. The highest BCUT2D eigenvalue weighted by Crippen LogP contribution is 2.38. The third-order valence-electron chi connectivity index (χ3n) is 4.15. The number of aromatic nitrogens is 1. The monoisotopic (exact) mass is 450 g/mol. The van der Waals surface area contributed by atoms with Crippen LogP contribution < -0.4 is 15.0 Å². The molecule has 0 aliphatic heterocycles. The maximum atomic E-state index is 14.1. The second-order valence-corrected chi connectivity index (χ2v) is 8.37. The van der Waals surface area contributed by atoms with Gasteiger partial charge in [-0.3, -0.25) is 9.52 Å². The highest BCUT2D eigenvalue weighted by molar-refractivity contribution is 7.92. The number of sulfonamides is 1. The van der Waals surface area contributed by atoms with Gasteiger partial charge >= 0.3 is 5.97 Å². The number of carboxylic acids is 1. The molecule has 162 valence electrons. The van der Waals surface area contributed by atoms with Crippen LogP contribution in [0.25, 0.3) is 11.1 Å². The van der Waals surface area contributed by atoms with Crippen LogP contribution in [-0.2, 0) is 17.1 Å². The first-order chi connectivity index (χ1) is 14.4. The Morgan fingerprint density at radius 3 is 2.35 bits per heavy atom. The van der Waals surface area contributed by atoms with E-state index >= 15 is 0 Å². The van der Waals surface area contributed by atoms with Gasteiger partial charge in [0.2, 0.25) is 10.0 Å². The molecular weight excluding hydrogens is 434 g/mol. The molecule has 3 aromatic rings. The zero-order valence-electron chi connectivity index (χ0n) is 16.2. The summed E-state index contributed by atoms with van der Waals surface area (Å²) in [6, 6.07) is 7.44. The molecule has 0 aliphatic rings. The molecule has 0 saturated carbocycles. The Hall–Kier alpha value is -3.73. The van der Waals surface area contributed by atoms with Crippen LogP contribution >= 0.6 is 0 Å². The van der Waals surface area contributed by atoms with E-state index in [1.807, 2.05) is 0 Å². The summed E-state index contributed by atoms with van der Waals surface area (Å²) >= 11 is 0. The van der Waals surface area contributed by atoms with E-state index in [1.165, 1.54) is 31.4 Å². The predicted molar refractivity (Wildman–Crippen MR) is 109 cm³/mol. The summed E-state index contributed by atoms with van der Waals surface area (Å²) in [6.45, 7) is 0. The number of carboxylic acid groups (broad SMARTS) is 1. The number of nitrogens with one attached hydrogen (secondary N) is 1. The quantitative estimate of drug-likeness (QED) is 0.596. The first kappa shape index (κ1) is 22.0. The molecule has 3 rings (SSSR count). The van der Waals surface area contributed by atoms with Gasteiger partial charge in [-0.25, -0.2) is 22.0 Å². The van der Waals surface area contributed by atoms with Gasteiger partial charge in [-0.15, -0.1) is 0 Å². The summed E-state index contributed by atoms with van der Waals surface area (Å²) in [5, 5.41) is 9.55. The Balaban J connectivity index is 2.25. The fraction of sp³-hybridized carbons (Fsp3) is 0.100. The summed E-state index contributed by atoms with van der Waals surface area (Å²) in [4.78, 5) is 23.7. The Labute approximate surface area is 175 Å². The zero-order chi connectivity index (χ0) is 22.9. The summed E-state index contributed by atoms with van der Waals surface area (Å²) in [7, 11) is -2.27. The van der Waals surface area contributed by atoms with Crippen LogP contribution in [0, 0.1) is 11.6 Å². The Kier molecular flexibility index (Phi) is 5.80. The lowest BCUT2D eigenvalue weighted by Gasteiger charge is -2.16. The predicted octanol–water partition coefficient (Wildman–Crippen LogP) is 3.19. The van der Waals surface area contributed by atoms with E-state index in [0.717, 1.165) is 29.0 Å². The van der Waals surface area contributed by atoms with Gasteiger partial charge in [0, 0.05) is 42.2 Å². The zero-order valence-corrected chi connectivity index (χ0v) is 17.0. The molecule has 1 aromatic heterocycles. The highest BCUT2D eigenvalue weighted by atomic mass is 32.2. The third kappa shape index (κ3) is 5.07. The van der Waals surface area contributed by atoms with Crippen LogP contribution in [0.4, 0.5) is 14.5 Å². The van der Waals surface area contributed by atoms with Gasteiger partial charge in [-0.05, 0) is 30.3 Å². The molecule has 11 heteroatoms. The number of hydrogen-bond acceptors (Lipinski definition) is 5. The Morgan fingerprint density at radius 1 is 1.06 bits per heavy atom. The minimum atomic E-state index is -3.66. The molecular formula is C20H16F2N2O6S. The first-order valence-electron chi connectivity index (χ1n) is 8.63. The van der Waals surface area contributed by atoms with Crippen molar-refractivity contribution in [1.82, 2.24) is 4.57 Å². The van der Waals surface area contributed by atoms with Crippen LogP contribution in [0.2, 0.25) is 0 Å². The lowest BCUT2D eigenvalue weighted by atomic mass is 10.00. The molecule has 0 bridgehead atoms. The van der Waals surface area contributed by atoms with E-state index < -0.39 is 33.2 Å². The van der Waals surface area contributed by atoms with Crippen molar-refractivity contribution in [3.8, 4) is 22.6 Å². The molecule has 2 N–H and O–H groups in total. The third-order valence-corrected chi connectivity index (χ3v) is 4.75. The Morgan fingerprint density at radius 2 is 1.74 bits per heavy atom. The molecule has 0 atom stereocenters. The van der Waals surface area contributed by atoms with Crippen molar-refractivity contribution < 1.29 is 31.8 Å². The van der Waals surface area contributed by atoms with Gasteiger partial charge in [0.1, 0.15) is 11.6 Å². The number of anilines is 1. The second-order valence-electron chi connectivity index (χ2n) is 6.62. The SMILES string of the molecule is Cn1cc(-c2cc(NS(C)(=O)=O)ccc2Oc2ccc(F)cc2F)c(C(=O)O)cc1=O. The molecule has 0 amide bonds. The normalized spacial score (nSPS) is 11.2. The summed E-state index contributed by atoms with van der Waals surface area (Å²) in [6.07, 6.45) is 2.17. The van der Waals surface area contributed by atoms with Crippen LogP contribution in [0.1, 0.15) is 10.4 Å². The number of pyridine rings is 1. The van der Waals surface area contributed by atoms with Crippen molar-refractivity contribution in [2.24, 2.45) is 7.05 Å². The lowest BCUT2D eigenvalue weighted by Crippen LogP contribution is -2.18. The van der Waals surface area contributed by atoms with E-state index in [0.29, 0.717) is 6.07 Å². The molecule has 0 spiro atoms. The van der Waals surface area contributed by atoms with E-state index in [-0.39, 0.29) is 33.9 Å². The number of halogens is 2. The van der Waals surface area contributed by atoms with E-state index in [9.17, 15) is 31.9 Å². The minimum absolute atomic E-state index is 0.0178. The number of rotatable bonds is 6. The van der Waals surface area contributed by atoms with E-state index in [4.69, 9.17) is 4.74 Å². The van der Waals surface area contributed by atoms with Crippen molar-refractivity contribution in [2.75, 3.05) is 11.0 Å². The van der Waals surface area contributed by atoms with Gasteiger partial charge < -0.3 is 14.4 Å². The lowest BCUT2D eigenvalue weighted by molar-refractivity contribution is 0.0697. The van der Waals surface area contributed by atoms with Gasteiger partial charge in [0.15, 0.2) is 11.6 Å². The van der Waals surface area contributed by atoms with Crippen molar-refractivity contribution in [3.63, 3.8) is 0 Å². The van der Waals surface area contributed by atoms with E-state index in [2.05, 4.69) is 4.72 Å². The second kappa shape index (κ2) is 8.19. The molecule has 0 fully saturated rings. The number of aryl methyl sites for hydroxylation is 1. The molecule has 0 unspecified atom stereocenters. The standard InChI is InChI=1S/C20H16F2N2O6S/c1-24-10-15(14(20(26)27)9-19(24)25)13-8-12(23-31(2,28)29)4-6-17(13)30-18-5-3-11(21)7-16(18)22/h3-10,23H,1-2H3,(H,26,27). The fourth-order valence-electron chi connectivity index (χ4n) is 2.80. The number of hydrogen-bond donors (Lipinski definition) is 2. The molecule has 8 nitrogen and oxygen atoms in total.